The summed E-state index contributed by atoms with van der Waals surface area (Å²) in [6.45, 7) is 0.800. The molecule has 6 nitrogen and oxygen atoms in total. The summed E-state index contributed by atoms with van der Waals surface area (Å²) in [5.74, 6) is -1.37. The maximum Gasteiger partial charge on any atom is 0.337 e. The number of fused-ring (bicyclic) bond motifs is 1. The SMILES string of the molecule is CC(O)(CNC(=O)NC1CCCc2ccccc21)C(=O)O. The van der Waals surface area contributed by atoms with Crippen LogP contribution in [-0.4, -0.2) is 34.4 Å². The Morgan fingerprint density at radius 3 is 2.81 bits per heavy atom. The Labute approximate surface area is 123 Å². The summed E-state index contributed by atoms with van der Waals surface area (Å²) >= 11 is 0. The molecule has 2 unspecified atom stereocenters. The molecule has 0 radical (unpaired) electrons. The fraction of sp³-hybridized carbons (Fsp3) is 0.467. The van der Waals surface area contributed by atoms with Gasteiger partial charge in [-0.05, 0) is 37.3 Å². The van der Waals surface area contributed by atoms with Crippen molar-refractivity contribution < 1.29 is 19.8 Å². The highest BCUT2D eigenvalue weighted by Gasteiger charge is 2.30. The lowest BCUT2D eigenvalue weighted by atomic mass is 9.88. The second-order valence-corrected chi connectivity index (χ2v) is 5.55. The first-order valence-corrected chi connectivity index (χ1v) is 6.98. The third-order valence-electron chi connectivity index (χ3n) is 3.73. The van der Waals surface area contributed by atoms with E-state index < -0.39 is 17.6 Å². The van der Waals surface area contributed by atoms with Crippen molar-refractivity contribution in [1.82, 2.24) is 10.6 Å². The molecule has 21 heavy (non-hydrogen) atoms. The number of benzene rings is 1. The number of rotatable bonds is 4. The highest BCUT2D eigenvalue weighted by molar-refractivity contribution is 5.79. The average Bonchev–Trinajstić information content (AvgIpc) is 2.45. The number of hydrogen-bond acceptors (Lipinski definition) is 3. The molecule has 1 aromatic carbocycles. The molecule has 6 heteroatoms. The lowest BCUT2D eigenvalue weighted by Gasteiger charge is -2.27. The molecular formula is C15H20N2O4. The van der Waals surface area contributed by atoms with E-state index in [1.165, 1.54) is 5.56 Å². The van der Waals surface area contributed by atoms with Crippen LogP contribution in [0.1, 0.15) is 36.9 Å². The van der Waals surface area contributed by atoms with E-state index >= 15 is 0 Å². The minimum absolute atomic E-state index is 0.0790. The Kier molecular flexibility index (Phi) is 4.47. The van der Waals surface area contributed by atoms with E-state index in [4.69, 9.17) is 5.11 Å². The summed E-state index contributed by atoms with van der Waals surface area (Å²) in [5, 5.41) is 23.6. The van der Waals surface area contributed by atoms with E-state index in [-0.39, 0.29) is 12.6 Å². The van der Waals surface area contributed by atoms with Crippen molar-refractivity contribution >= 4 is 12.0 Å². The summed E-state index contributed by atoms with van der Waals surface area (Å²) < 4.78 is 0. The van der Waals surface area contributed by atoms with Gasteiger partial charge in [0.05, 0.1) is 12.6 Å². The molecule has 0 aliphatic heterocycles. The monoisotopic (exact) mass is 292 g/mol. The van der Waals surface area contributed by atoms with Gasteiger partial charge in [0, 0.05) is 0 Å². The number of hydrogen-bond donors (Lipinski definition) is 4. The number of aryl methyl sites for hydroxylation is 1. The van der Waals surface area contributed by atoms with Crippen molar-refractivity contribution in [3.05, 3.63) is 35.4 Å². The van der Waals surface area contributed by atoms with Gasteiger partial charge in [-0.3, -0.25) is 0 Å². The van der Waals surface area contributed by atoms with Crippen molar-refractivity contribution in [3.63, 3.8) is 0 Å². The lowest BCUT2D eigenvalue weighted by Crippen LogP contribution is -2.49. The van der Waals surface area contributed by atoms with Gasteiger partial charge in [0.1, 0.15) is 0 Å². The topological polar surface area (TPSA) is 98.7 Å². The van der Waals surface area contributed by atoms with Gasteiger partial charge in [-0.2, -0.15) is 0 Å². The van der Waals surface area contributed by atoms with Crippen LogP contribution < -0.4 is 10.6 Å². The van der Waals surface area contributed by atoms with Crippen LogP contribution in [0.5, 0.6) is 0 Å². The zero-order chi connectivity index (χ0) is 15.5. The molecule has 0 heterocycles. The summed E-state index contributed by atoms with van der Waals surface area (Å²) in [5.41, 5.74) is 0.359. The molecule has 2 amide bonds. The van der Waals surface area contributed by atoms with E-state index in [1.54, 1.807) is 0 Å². The number of carboxylic acid groups (broad SMARTS) is 1. The van der Waals surface area contributed by atoms with Crippen molar-refractivity contribution in [3.8, 4) is 0 Å². The quantitative estimate of drug-likeness (QED) is 0.670. The largest absolute Gasteiger partial charge is 0.479 e. The van der Waals surface area contributed by atoms with Gasteiger partial charge < -0.3 is 20.8 Å². The summed E-state index contributed by atoms with van der Waals surface area (Å²) in [4.78, 5) is 22.6. The van der Waals surface area contributed by atoms with Crippen LogP contribution in [0.3, 0.4) is 0 Å². The van der Waals surface area contributed by atoms with Crippen molar-refractivity contribution in [2.24, 2.45) is 0 Å². The third kappa shape index (κ3) is 3.72. The van der Waals surface area contributed by atoms with E-state index in [2.05, 4.69) is 16.7 Å². The average molecular weight is 292 g/mol. The molecule has 1 aliphatic carbocycles. The zero-order valence-corrected chi connectivity index (χ0v) is 11.9. The normalized spacial score (nSPS) is 20.0. The predicted octanol–water partition coefficient (Wildman–Crippen LogP) is 1.20. The summed E-state index contributed by atoms with van der Waals surface area (Å²) in [6, 6.07) is 7.41. The molecule has 0 aromatic heterocycles. The summed E-state index contributed by atoms with van der Waals surface area (Å²) in [6.07, 6.45) is 2.85. The van der Waals surface area contributed by atoms with Crippen LogP contribution in [0.25, 0.3) is 0 Å². The van der Waals surface area contributed by atoms with Crippen LogP contribution in [0.4, 0.5) is 4.79 Å². The number of carbonyl (C=O) groups excluding carboxylic acids is 1. The first kappa shape index (κ1) is 15.3. The highest BCUT2D eigenvalue weighted by atomic mass is 16.4. The first-order chi connectivity index (χ1) is 9.90. The van der Waals surface area contributed by atoms with Gasteiger partial charge in [0.25, 0.3) is 0 Å². The second kappa shape index (κ2) is 6.13. The molecule has 0 bridgehead atoms. The van der Waals surface area contributed by atoms with E-state index in [0.717, 1.165) is 31.7 Å². The standard InChI is InChI=1S/C15H20N2O4/c1-15(21,13(18)19)9-16-14(20)17-12-8-4-6-10-5-2-3-7-11(10)12/h2-3,5,7,12,21H,4,6,8-9H2,1H3,(H,18,19)(H2,16,17,20). The zero-order valence-electron chi connectivity index (χ0n) is 11.9. The van der Waals surface area contributed by atoms with Gasteiger partial charge in [0.15, 0.2) is 5.60 Å². The van der Waals surface area contributed by atoms with Crippen LogP contribution in [0.15, 0.2) is 24.3 Å². The fourth-order valence-electron chi connectivity index (χ4n) is 2.44. The number of urea groups is 1. The van der Waals surface area contributed by atoms with E-state index in [1.807, 2.05) is 18.2 Å². The van der Waals surface area contributed by atoms with Gasteiger partial charge in [-0.25, -0.2) is 9.59 Å². The molecule has 4 N–H and O–H groups in total. The molecule has 0 saturated carbocycles. The molecule has 2 atom stereocenters. The maximum atomic E-state index is 11.9. The van der Waals surface area contributed by atoms with Crippen LogP contribution in [-0.2, 0) is 11.2 Å². The Morgan fingerprint density at radius 1 is 1.38 bits per heavy atom. The Morgan fingerprint density at radius 2 is 2.10 bits per heavy atom. The molecule has 114 valence electrons. The van der Waals surface area contributed by atoms with Gasteiger partial charge >= 0.3 is 12.0 Å². The van der Waals surface area contributed by atoms with Crippen LogP contribution in [0.2, 0.25) is 0 Å². The summed E-state index contributed by atoms with van der Waals surface area (Å²) in [7, 11) is 0. The van der Waals surface area contributed by atoms with Gasteiger partial charge in [-0.15, -0.1) is 0 Å². The van der Waals surface area contributed by atoms with Crippen molar-refractivity contribution in [2.75, 3.05) is 6.54 Å². The molecule has 2 rings (SSSR count). The molecular weight excluding hydrogens is 272 g/mol. The van der Waals surface area contributed by atoms with Gasteiger partial charge in [-0.1, -0.05) is 24.3 Å². The van der Waals surface area contributed by atoms with Crippen molar-refractivity contribution in [2.45, 2.75) is 37.8 Å². The highest BCUT2D eigenvalue weighted by Crippen LogP contribution is 2.29. The van der Waals surface area contributed by atoms with Crippen LogP contribution in [0, 0.1) is 0 Å². The molecule has 0 fully saturated rings. The van der Waals surface area contributed by atoms with Crippen LogP contribution >= 0.6 is 0 Å². The number of aliphatic hydroxyl groups is 1. The minimum atomic E-state index is -1.97. The smallest absolute Gasteiger partial charge is 0.337 e. The Balaban J connectivity index is 1.94. The number of carboxylic acids is 1. The third-order valence-corrected chi connectivity index (χ3v) is 3.73. The molecule has 1 aromatic rings. The predicted molar refractivity (Wildman–Crippen MR) is 76.9 cm³/mol. The van der Waals surface area contributed by atoms with E-state index in [0.29, 0.717) is 0 Å². The molecule has 1 aliphatic rings. The van der Waals surface area contributed by atoms with Gasteiger partial charge in [0.2, 0.25) is 0 Å². The number of nitrogens with one attached hydrogen (secondary N) is 2. The number of amides is 2. The second-order valence-electron chi connectivity index (χ2n) is 5.55. The maximum absolute atomic E-state index is 11.9. The number of aliphatic carboxylic acids is 1. The first-order valence-electron chi connectivity index (χ1n) is 6.98. The van der Waals surface area contributed by atoms with E-state index in [9.17, 15) is 14.7 Å². The Hall–Kier alpha value is -2.08. The molecule has 0 spiro atoms. The Bertz CT molecular complexity index is 542. The number of carbonyl (C=O) groups is 2. The lowest BCUT2D eigenvalue weighted by molar-refractivity contribution is -0.155. The molecule has 0 saturated heterocycles. The minimum Gasteiger partial charge on any atom is -0.479 e. The fourth-order valence-corrected chi connectivity index (χ4v) is 2.44. The van der Waals surface area contributed by atoms with Crippen molar-refractivity contribution in [1.29, 1.82) is 0 Å².